The Labute approximate surface area is 207 Å². The first-order valence-corrected chi connectivity index (χ1v) is 11.4. The molecule has 1 aliphatic rings. The maximum atomic E-state index is 11.7. The third-order valence-electron chi connectivity index (χ3n) is 5.75. The molecule has 0 saturated carbocycles. The van der Waals surface area contributed by atoms with E-state index in [2.05, 4.69) is 42.0 Å². The van der Waals surface area contributed by atoms with Crippen LogP contribution in [0.25, 0.3) is 22.3 Å². The summed E-state index contributed by atoms with van der Waals surface area (Å²) in [7, 11) is 0. The molecule has 1 aliphatic heterocycles. The van der Waals surface area contributed by atoms with Gasteiger partial charge in [-0.25, -0.2) is 15.0 Å². The molecule has 5 rings (SSSR count). The number of anilines is 4. The van der Waals surface area contributed by atoms with Crippen LogP contribution in [0.4, 0.5) is 23.1 Å². The van der Waals surface area contributed by atoms with Gasteiger partial charge in [0.25, 0.3) is 0 Å². The summed E-state index contributed by atoms with van der Waals surface area (Å²) in [6.45, 7) is 5.97. The SMILES string of the molecule is C=CC(=O)Nc1ccnc(-c2nccc3cnc(Nc4ccc(N5CCOC[C@@H]5CN)nc4)nc23)c1. The van der Waals surface area contributed by atoms with Gasteiger partial charge in [0.15, 0.2) is 0 Å². The Morgan fingerprint density at radius 1 is 1.14 bits per heavy atom. The van der Waals surface area contributed by atoms with Crippen molar-refractivity contribution in [2.24, 2.45) is 5.73 Å². The van der Waals surface area contributed by atoms with Gasteiger partial charge in [-0.05, 0) is 36.4 Å². The van der Waals surface area contributed by atoms with E-state index in [1.165, 1.54) is 6.08 Å². The lowest BCUT2D eigenvalue weighted by Crippen LogP contribution is -2.49. The van der Waals surface area contributed by atoms with Gasteiger partial charge < -0.3 is 26.0 Å². The number of hydrogen-bond acceptors (Lipinski definition) is 10. The van der Waals surface area contributed by atoms with Gasteiger partial charge >= 0.3 is 0 Å². The van der Waals surface area contributed by atoms with Crippen molar-refractivity contribution in [2.75, 3.05) is 41.8 Å². The monoisotopic (exact) mass is 483 g/mol. The van der Waals surface area contributed by atoms with Crippen molar-refractivity contribution in [3.8, 4) is 11.4 Å². The van der Waals surface area contributed by atoms with E-state index in [4.69, 9.17) is 15.5 Å². The molecule has 1 amide bonds. The van der Waals surface area contributed by atoms with Crippen LogP contribution >= 0.6 is 0 Å². The Hall–Kier alpha value is -4.48. The predicted molar refractivity (Wildman–Crippen MR) is 138 cm³/mol. The molecule has 0 bridgehead atoms. The zero-order valence-electron chi connectivity index (χ0n) is 19.5. The molecule has 4 N–H and O–H groups in total. The van der Waals surface area contributed by atoms with Crippen LogP contribution in [0.15, 0.2) is 67.8 Å². The standard InChI is InChI=1S/C25H25N9O2/c1-2-22(35)31-17-6-8-27-20(11-17)24-23-16(5-7-28-24)13-30-25(33-23)32-18-3-4-21(29-14-18)34-9-10-36-15-19(34)12-26/h2-8,11,13-14,19H,1,9-10,12,15,26H2,(H,27,31,35)(H,30,32,33)/t19-/m0/s1. The van der Waals surface area contributed by atoms with Crippen LogP contribution in [0.3, 0.4) is 0 Å². The minimum absolute atomic E-state index is 0.108. The molecule has 4 aromatic rings. The van der Waals surface area contributed by atoms with E-state index >= 15 is 0 Å². The summed E-state index contributed by atoms with van der Waals surface area (Å²) in [4.78, 5) is 36.5. The number of carbonyl (C=O) groups is 1. The van der Waals surface area contributed by atoms with Crippen LogP contribution in [-0.4, -0.2) is 63.2 Å². The molecule has 5 heterocycles. The van der Waals surface area contributed by atoms with E-state index in [0.29, 0.717) is 48.3 Å². The van der Waals surface area contributed by atoms with Crippen LogP contribution in [-0.2, 0) is 9.53 Å². The van der Waals surface area contributed by atoms with Gasteiger partial charge in [0.1, 0.15) is 17.0 Å². The second-order valence-electron chi connectivity index (χ2n) is 8.10. The molecular formula is C25H25N9O2. The number of amides is 1. The van der Waals surface area contributed by atoms with E-state index in [0.717, 1.165) is 23.4 Å². The van der Waals surface area contributed by atoms with Crippen LogP contribution in [0, 0.1) is 0 Å². The maximum absolute atomic E-state index is 11.7. The average molecular weight is 484 g/mol. The number of nitrogens with zero attached hydrogens (tertiary/aromatic N) is 6. The predicted octanol–water partition coefficient (Wildman–Crippen LogP) is 2.51. The second-order valence-corrected chi connectivity index (χ2v) is 8.10. The molecule has 4 aromatic heterocycles. The molecule has 1 atom stereocenters. The van der Waals surface area contributed by atoms with Crippen molar-refractivity contribution in [2.45, 2.75) is 6.04 Å². The smallest absolute Gasteiger partial charge is 0.247 e. The summed E-state index contributed by atoms with van der Waals surface area (Å²) in [5.74, 6) is 0.937. The fourth-order valence-electron chi connectivity index (χ4n) is 3.95. The lowest BCUT2D eigenvalue weighted by molar-refractivity contribution is -0.111. The Balaban J connectivity index is 1.40. The number of rotatable bonds is 7. The number of fused-ring (bicyclic) bond motifs is 1. The molecule has 11 nitrogen and oxygen atoms in total. The average Bonchev–Trinajstić information content (AvgIpc) is 2.93. The first-order valence-electron chi connectivity index (χ1n) is 11.4. The van der Waals surface area contributed by atoms with Crippen molar-refractivity contribution in [3.63, 3.8) is 0 Å². The van der Waals surface area contributed by atoms with E-state index in [-0.39, 0.29) is 11.9 Å². The lowest BCUT2D eigenvalue weighted by atomic mass is 10.1. The van der Waals surface area contributed by atoms with Gasteiger partial charge in [0.05, 0.1) is 36.8 Å². The fourth-order valence-corrected chi connectivity index (χ4v) is 3.95. The minimum atomic E-state index is -0.307. The zero-order valence-corrected chi connectivity index (χ0v) is 19.5. The number of aromatic nitrogens is 5. The molecule has 0 spiro atoms. The van der Waals surface area contributed by atoms with Crippen molar-refractivity contribution in [1.29, 1.82) is 0 Å². The summed E-state index contributed by atoms with van der Waals surface area (Å²) in [6.07, 6.45) is 7.95. The van der Waals surface area contributed by atoms with Crippen LogP contribution in [0.2, 0.25) is 0 Å². The Kier molecular flexibility index (Phi) is 6.74. The lowest BCUT2D eigenvalue weighted by Gasteiger charge is -2.35. The Morgan fingerprint density at radius 3 is 2.83 bits per heavy atom. The summed E-state index contributed by atoms with van der Waals surface area (Å²) in [5, 5.41) is 6.75. The van der Waals surface area contributed by atoms with Crippen LogP contribution < -0.4 is 21.3 Å². The van der Waals surface area contributed by atoms with Gasteiger partial charge in [0.2, 0.25) is 11.9 Å². The topological polar surface area (TPSA) is 144 Å². The minimum Gasteiger partial charge on any atom is -0.377 e. The summed E-state index contributed by atoms with van der Waals surface area (Å²) in [6, 6.07) is 9.24. The molecule has 0 radical (unpaired) electrons. The number of pyridine rings is 3. The van der Waals surface area contributed by atoms with Crippen LogP contribution in [0.5, 0.6) is 0 Å². The van der Waals surface area contributed by atoms with Gasteiger partial charge in [-0.2, -0.15) is 0 Å². The number of nitrogens with one attached hydrogen (secondary N) is 2. The highest BCUT2D eigenvalue weighted by Gasteiger charge is 2.22. The highest BCUT2D eigenvalue weighted by Crippen LogP contribution is 2.27. The number of nitrogens with two attached hydrogens (primary N) is 1. The molecule has 182 valence electrons. The quantitative estimate of drug-likeness (QED) is 0.335. The van der Waals surface area contributed by atoms with E-state index in [1.54, 1.807) is 36.9 Å². The normalized spacial score (nSPS) is 15.5. The Bertz CT molecular complexity index is 1390. The van der Waals surface area contributed by atoms with E-state index in [1.807, 2.05) is 18.2 Å². The molecule has 11 heteroatoms. The summed E-state index contributed by atoms with van der Waals surface area (Å²) >= 11 is 0. The third kappa shape index (κ3) is 4.97. The fraction of sp³-hybridized carbons (Fsp3) is 0.200. The molecule has 0 unspecified atom stereocenters. The molecule has 36 heavy (non-hydrogen) atoms. The summed E-state index contributed by atoms with van der Waals surface area (Å²) < 4.78 is 5.52. The largest absolute Gasteiger partial charge is 0.377 e. The van der Waals surface area contributed by atoms with Gasteiger partial charge in [0, 0.05) is 42.8 Å². The van der Waals surface area contributed by atoms with E-state index in [9.17, 15) is 4.79 Å². The molecule has 1 fully saturated rings. The molecule has 0 aromatic carbocycles. The third-order valence-corrected chi connectivity index (χ3v) is 5.75. The number of hydrogen-bond donors (Lipinski definition) is 3. The number of ether oxygens (including phenoxy) is 1. The first-order chi connectivity index (χ1) is 17.6. The van der Waals surface area contributed by atoms with Crippen LogP contribution in [0.1, 0.15) is 0 Å². The maximum Gasteiger partial charge on any atom is 0.247 e. The van der Waals surface area contributed by atoms with E-state index < -0.39 is 0 Å². The summed E-state index contributed by atoms with van der Waals surface area (Å²) in [5.41, 5.74) is 8.98. The van der Waals surface area contributed by atoms with Gasteiger partial charge in [-0.1, -0.05) is 6.58 Å². The molecule has 0 aliphatic carbocycles. The second kappa shape index (κ2) is 10.4. The number of carbonyl (C=O) groups excluding carboxylic acids is 1. The van der Waals surface area contributed by atoms with Crippen molar-refractivity contribution in [3.05, 3.63) is 67.8 Å². The van der Waals surface area contributed by atoms with Crippen molar-refractivity contribution in [1.82, 2.24) is 24.9 Å². The Morgan fingerprint density at radius 2 is 2.03 bits per heavy atom. The van der Waals surface area contributed by atoms with Gasteiger partial charge in [-0.3, -0.25) is 14.8 Å². The van der Waals surface area contributed by atoms with Crippen molar-refractivity contribution >= 4 is 40.0 Å². The molecular weight excluding hydrogens is 458 g/mol. The highest BCUT2D eigenvalue weighted by atomic mass is 16.5. The first kappa shape index (κ1) is 23.3. The van der Waals surface area contributed by atoms with Crippen molar-refractivity contribution < 1.29 is 9.53 Å². The highest BCUT2D eigenvalue weighted by molar-refractivity contribution is 5.99. The zero-order chi connectivity index (χ0) is 24.9. The molecule has 1 saturated heterocycles. The van der Waals surface area contributed by atoms with Gasteiger partial charge in [-0.15, -0.1) is 0 Å². The number of morpholine rings is 1.